The molecule has 0 radical (unpaired) electrons. The van der Waals surface area contributed by atoms with Gasteiger partial charge in [0, 0.05) is 5.02 Å². The molecule has 0 atom stereocenters. The molecule has 4 nitrogen and oxygen atoms in total. The van der Waals surface area contributed by atoms with Gasteiger partial charge in [-0.25, -0.2) is 8.42 Å². The summed E-state index contributed by atoms with van der Waals surface area (Å²) in [6.45, 7) is 0. The molecule has 2 rings (SSSR count). The maximum Gasteiger partial charge on any atom is 0.210 e. The van der Waals surface area contributed by atoms with Crippen LogP contribution in [0.1, 0.15) is 0 Å². The van der Waals surface area contributed by atoms with Gasteiger partial charge in [0.15, 0.2) is 11.5 Å². The highest BCUT2D eigenvalue weighted by atomic mass is 35.5. The Kier molecular flexibility index (Phi) is 3.19. The average Bonchev–Trinajstić information content (AvgIpc) is 2.33. The summed E-state index contributed by atoms with van der Waals surface area (Å²) < 4.78 is 24.4. The third-order valence-corrected chi connectivity index (χ3v) is 4.44. The number of phenolic OH excluding ortho intramolecular Hbond substituents is 2. The fourth-order valence-corrected chi connectivity index (χ4v) is 2.96. The molecule has 94 valence electrons. The molecule has 0 unspecified atom stereocenters. The van der Waals surface area contributed by atoms with E-state index >= 15 is 0 Å². The van der Waals surface area contributed by atoms with Gasteiger partial charge in [-0.3, -0.25) is 0 Å². The van der Waals surface area contributed by atoms with Gasteiger partial charge in [-0.15, -0.1) is 0 Å². The van der Waals surface area contributed by atoms with Crippen LogP contribution in [0.5, 0.6) is 11.5 Å². The maximum atomic E-state index is 12.2. The number of halogens is 1. The minimum absolute atomic E-state index is 0.00667. The van der Waals surface area contributed by atoms with Crippen molar-refractivity contribution in [1.82, 2.24) is 0 Å². The van der Waals surface area contributed by atoms with Gasteiger partial charge in [0.25, 0.3) is 0 Å². The first kappa shape index (κ1) is 12.7. The number of hydrogen-bond acceptors (Lipinski definition) is 4. The zero-order valence-electron chi connectivity index (χ0n) is 9.04. The van der Waals surface area contributed by atoms with Gasteiger partial charge in [0.1, 0.15) is 4.90 Å². The van der Waals surface area contributed by atoms with Crippen LogP contribution < -0.4 is 0 Å². The number of rotatable bonds is 2. The largest absolute Gasteiger partial charge is 0.504 e. The van der Waals surface area contributed by atoms with E-state index < -0.39 is 21.3 Å². The zero-order chi connectivity index (χ0) is 13.3. The number of phenols is 2. The molecule has 2 N–H and O–H groups in total. The third kappa shape index (κ3) is 2.14. The van der Waals surface area contributed by atoms with E-state index in [-0.39, 0.29) is 9.79 Å². The van der Waals surface area contributed by atoms with E-state index in [0.717, 1.165) is 0 Å². The Labute approximate surface area is 109 Å². The van der Waals surface area contributed by atoms with Gasteiger partial charge in [0.2, 0.25) is 9.84 Å². The highest BCUT2D eigenvalue weighted by molar-refractivity contribution is 7.91. The first-order valence-corrected chi connectivity index (χ1v) is 6.80. The van der Waals surface area contributed by atoms with Crippen LogP contribution in [0.25, 0.3) is 0 Å². The summed E-state index contributed by atoms with van der Waals surface area (Å²) in [5.74, 6) is -1.14. The van der Waals surface area contributed by atoms with Crippen LogP contribution in [0, 0.1) is 0 Å². The molecule has 0 aliphatic rings. The Bertz CT molecular complexity index is 678. The lowest BCUT2D eigenvalue weighted by molar-refractivity contribution is 0.393. The van der Waals surface area contributed by atoms with Crippen molar-refractivity contribution in [3.8, 4) is 11.5 Å². The number of aromatic hydroxyl groups is 2. The van der Waals surface area contributed by atoms with E-state index in [0.29, 0.717) is 5.02 Å². The highest BCUT2D eigenvalue weighted by Gasteiger charge is 2.22. The van der Waals surface area contributed by atoms with Crippen molar-refractivity contribution in [2.24, 2.45) is 0 Å². The summed E-state index contributed by atoms with van der Waals surface area (Å²) in [5.41, 5.74) is 0. The summed E-state index contributed by atoms with van der Waals surface area (Å²) in [4.78, 5) is -0.349. The molecular weight excluding hydrogens is 276 g/mol. The Balaban J connectivity index is 2.62. The quantitative estimate of drug-likeness (QED) is 0.831. The molecular formula is C12H9ClO4S. The Hall–Kier alpha value is -1.72. The molecule has 0 spiro atoms. The SMILES string of the molecule is O=S(=O)(c1ccc(Cl)cc1)c1cccc(O)c1O. The smallest absolute Gasteiger partial charge is 0.210 e. The fourth-order valence-electron chi connectivity index (χ4n) is 1.47. The number of benzene rings is 2. The zero-order valence-corrected chi connectivity index (χ0v) is 10.6. The van der Waals surface area contributed by atoms with Crippen LogP contribution in [-0.4, -0.2) is 18.6 Å². The number of para-hydroxylation sites is 1. The molecule has 0 aliphatic carbocycles. The van der Waals surface area contributed by atoms with E-state index in [4.69, 9.17) is 11.6 Å². The van der Waals surface area contributed by atoms with Crippen molar-refractivity contribution in [3.05, 3.63) is 47.5 Å². The highest BCUT2D eigenvalue weighted by Crippen LogP contribution is 2.35. The standard InChI is InChI=1S/C12H9ClO4S/c13-8-4-6-9(7-5-8)18(16,17)11-3-1-2-10(14)12(11)15/h1-7,14-15H. The van der Waals surface area contributed by atoms with Crippen LogP contribution in [0.2, 0.25) is 5.02 Å². The van der Waals surface area contributed by atoms with E-state index in [9.17, 15) is 18.6 Å². The van der Waals surface area contributed by atoms with E-state index in [1.807, 2.05) is 0 Å². The normalized spacial score (nSPS) is 11.4. The van der Waals surface area contributed by atoms with Gasteiger partial charge in [-0.05, 0) is 36.4 Å². The number of hydrogen-bond donors (Lipinski definition) is 2. The van der Waals surface area contributed by atoms with Gasteiger partial charge < -0.3 is 10.2 Å². The average molecular weight is 285 g/mol. The van der Waals surface area contributed by atoms with E-state index in [1.54, 1.807) is 0 Å². The van der Waals surface area contributed by atoms with Crippen LogP contribution in [-0.2, 0) is 9.84 Å². The molecule has 0 bridgehead atoms. The van der Waals surface area contributed by atoms with E-state index in [2.05, 4.69) is 0 Å². The molecule has 0 amide bonds. The van der Waals surface area contributed by atoms with Crippen molar-refractivity contribution < 1.29 is 18.6 Å². The minimum atomic E-state index is -3.88. The summed E-state index contributed by atoms with van der Waals surface area (Å²) in [6, 6.07) is 9.32. The van der Waals surface area contributed by atoms with Crippen molar-refractivity contribution in [3.63, 3.8) is 0 Å². The van der Waals surface area contributed by atoms with Crippen molar-refractivity contribution in [1.29, 1.82) is 0 Å². The first-order valence-electron chi connectivity index (χ1n) is 4.94. The number of sulfone groups is 1. The molecule has 0 aromatic heterocycles. The van der Waals surface area contributed by atoms with Gasteiger partial charge in [0.05, 0.1) is 4.90 Å². The molecule has 0 fully saturated rings. The third-order valence-electron chi connectivity index (χ3n) is 2.39. The van der Waals surface area contributed by atoms with Gasteiger partial charge >= 0.3 is 0 Å². The second kappa shape index (κ2) is 4.51. The molecule has 6 heteroatoms. The van der Waals surface area contributed by atoms with Gasteiger partial charge in [-0.2, -0.15) is 0 Å². The molecule has 0 heterocycles. The fraction of sp³-hybridized carbons (Fsp3) is 0. The molecule has 2 aromatic rings. The summed E-state index contributed by atoms with van der Waals surface area (Å²) in [7, 11) is -3.88. The summed E-state index contributed by atoms with van der Waals surface area (Å²) in [5, 5.41) is 19.3. The van der Waals surface area contributed by atoms with Crippen molar-refractivity contribution >= 4 is 21.4 Å². The van der Waals surface area contributed by atoms with Crippen LogP contribution in [0.3, 0.4) is 0 Å². The van der Waals surface area contributed by atoms with Gasteiger partial charge in [-0.1, -0.05) is 17.7 Å². The van der Waals surface area contributed by atoms with Crippen molar-refractivity contribution in [2.45, 2.75) is 9.79 Å². The van der Waals surface area contributed by atoms with Crippen LogP contribution in [0.15, 0.2) is 52.3 Å². The monoisotopic (exact) mass is 284 g/mol. The topological polar surface area (TPSA) is 74.6 Å². The minimum Gasteiger partial charge on any atom is -0.504 e. The summed E-state index contributed by atoms with van der Waals surface area (Å²) >= 11 is 5.68. The van der Waals surface area contributed by atoms with Crippen LogP contribution in [0.4, 0.5) is 0 Å². The molecule has 0 saturated carbocycles. The second-order valence-electron chi connectivity index (χ2n) is 3.58. The molecule has 18 heavy (non-hydrogen) atoms. The Morgan fingerprint density at radius 2 is 1.56 bits per heavy atom. The predicted molar refractivity (Wildman–Crippen MR) is 66.7 cm³/mol. The summed E-state index contributed by atoms with van der Waals surface area (Å²) in [6.07, 6.45) is 0. The Morgan fingerprint density at radius 3 is 2.17 bits per heavy atom. The Morgan fingerprint density at radius 1 is 0.944 bits per heavy atom. The predicted octanol–water partition coefficient (Wildman–Crippen LogP) is 2.58. The molecule has 2 aromatic carbocycles. The lowest BCUT2D eigenvalue weighted by Crippen LogP contribution is -2.02. The molecule has 0 saturated heterocycles. The first-order chi connectivity index (χ1) is 8.43. The lowest BCUT2D eigenvalue weighted by Gasteiger charge is -2.07. The molecule has 0 aliphatic heterocycles. The lowest BCUT2D eigenvalue weighted by atomic mass is 10.3. The van der Waals surface area contributed by atoms with Crippen molar-refractivity contribution in [2.75, 3.05) is 0 Å². The maximum absolute atomic E-state index is 12.2. The second-order valence-corrected chi connectivity index (χ2v) is 5.94. The van der Waals surface area contributed by atoms with Crippen LogP contribution >= 0.6 is 11.6 Å². The van der Waals surface area contributed by atoms with E-state index in [1.165, 1.54) is 42.5 Å².